The van der Waals surface area contributed by atoms with E-state index in [1.807, 2.05) is 0 Å². The van der Waals surface area contributed by atoms with E-state index in [-0.39, 0.29) is 0 Å². The summed E-state index contributed by atoms with van der Waals surface area (Å²) in [6, 6.07) is 10.6. The first-order valence-electron chi connectivity index (χ1n) is 5.12. The van der Waals surface area contributed by atoms with Gasteiger partial charge >= 0.3 is 10.4 Å². The summed E-state index contributed by atoms with van der Waals surface area (Å²) in [6.07, 6.45) is 1.17. The molecule has 0 saturated carbocycles. The largest absolute Gasteiger partial charge is 0.394 e. The number of likely N-dealkylation sites (N-methyl/N-ethyl adjacent to an activating group) is 1. The minimum absolute atomic E-state index is 1.04. The van der Waals surface area contributed by atoms with Crippen LogP contribution in [0.1, 0.15) is 5.56 Å². The molecule has 0 unspecified atom stereocenters. The van der Waals surface area contributed by atoms with Gasteiger partial charge in [0, 0.05) is 6.42 Å². The number of hydrogen-bond acceptors (Lipinski definition) is 2. The van der Waals surface area contributed by atoms with Gasteiger partial charge in [0.2, 0.25) is 0 Å². The van der Waals surface area contributed by atoms with Gasteiger partial charge in [-0.3, -0.25) is 9.11 Å². The molecule has 1 rings (SSSR count). The van der Waals surface area contributed by atoms with Crippen molar-refractivity contribution in [2.24, 2.45) is 0 Å². The van der Waals surface area contributed by atoms with Crippen molar-refractivity contribution in [3.05, 3.63) is 35.9 Å². The molecule has 0 atom stereocenters. The topological polar surface area (TPSA) is 74.6 Å². The molecule has 0 aliphatic rings. The zero-order valence-electron chi connectivity index (χ0n) is 10.4. The van der Waals surface area contributed by atoms with Crippen LogP contribution in [-0.2, 0) is 16.8 Å². The van der Waals surface area contributed by atoms with Crippen molar-refractivity contribution in [3.8, 4) is 0 Å². The fourth-order valence-electron chi connectivity index (χ4n) is 1.11. The predicted octanol–water partition coefficient (Wildman–Crippen LogP) is 1.28. The number of benzene rings is 1. The van der Waals surface area contributed by atoms with Gasteiger partial charge in [-0.15, -0.1) is 0 Å². The van der Waals surface area contributed by atoms with Crippen molar-refractivity contribution < 1.29 is 22.0 Å². The van der Waals surface area contributed by atoms with Crippen LogP contribution in [-0.4, -0.2) is 49.7 Å². The molecule has 2 N–H and O–H groups in total. The van der Waals surface area contributed by atoms with E-state index >= 15 is 0 Å². The molecule has 1 aromatic carbocycles. The van der Waals surface area contributed by atoms with E-state index in [0.717, 1.165) is 4.48 Å². The van der Waals surface area contributed by atoms with E-state index in [0.29, 0.717) is 0 Å². The van der Waals surface area contributed by atoms with Crippen LogP contribution in [0.15, 0.2) is 30.3 Å². The molecular weight excluding hydrogens is 242 g/mol. The van der Waals surface area contributed by atoms with Gasteiger partial charge < -0.3 is 4.48 Å². The number of nitrogens with zero attached hydrogens (tertiary/aromatic N) is 1. The number of rotatable bonds is 3. The van der Waals surface area contributed by atoms with Crippen LogP contribution in [0.4, 0.5) is 0 Å². The summed E-state index contributed by atoms with van der Waals surface area (Å²) < 4.78 is 32.6. The molecule has 0 bridgehead atoms. The first-order valence-corrected chi connectivity index (χ1v) is 6.52. The Labute approximate surface area is 103 Å². The van der Waals surface area contributed by atoms with Crippen LogP contribution in [0.5, 0.6) is 0 Å². The lowest BCUT2D eigenvalue weighted by molar-refractivity contribution is -0.870. The van der Waals surface area contributed by atoms with Crippen molar-refractivity contribution in [2.45, 2.75) is 6.42 Å². The molecule has 98 valence electrons. The highest BCUT2D eigenvalue weighted by Gasteiger charge is 2.05. The summed E-state index contributed by atoms with van der Waals surface area (Å²) >= 11 is 0. The van der Waals surface area contributed by atoms with E-state index in [1.54, 1.807) is 0 Å². The Kier molecular flexibility index (Phi) is 6.33. The number of hydrogen-bond donors (Lipinski definition) is 2. The third-order valence-corrected chi connectivity index (χ3v) is 1.91. The lowest BCUT2D eigenvalue weighted by atomic mass is 10.1. The maximum absolute atomic E-state index is 8.74. The molecule has 0 radical (unpaired) electrons. The lowest BCUT2D eigenvalue weighted by Gasteiger charge is -2.23. The van der Waals surface area contributed by atoms with Gasteiger partial charge in [-0.05, 0) is 5.56 Å². The molecule has 1 aromatic rings. The van der Waals surface area contributed by atoms with Crippen molar-refractivity contribution in [1.29, 1.82) is 0 Å². The highest BCUT2D eigenvalue weighted by Crippen LogP contribution is 2.02. The Morgan fingerprint density at radius 2 is 1.47 bits per heavy atom. The Balaban J connectivity index is 0.000000437. The zero-order valence-corrected chi connectivity index (χ0v) is 11.2. The Hall–Kier alpha value is -0.950. The normalized spacial score (nSPS) is 11.6. The van der Waals surface area contributed by atoms with E-state index in [4.69, 9.17) is 17.5 Å². The molecule has 5 nitrogen and oxygen atoms in total. The molecule has 0 heterocycles. The average molecular weight is 262 g/mol. The lowest BCUT2D eigenvalue weighted by Crippen LogP contribution is -2.36. The van der Waals surface area contributed by atoms with Gasteiger partial charge in [0.15, 0.2) is 0 Å². The molecule has 17 heavy (non-hydrogen) atoms. The average Bonchev–Trinajstić information content (AvgIpc) is 2.13. The van der Waals surface area contributed by atoms with Crippen LogP contribution < -0.4 is 0 Å². The van der Waals surface area contributed by atoms with Crippen molar-refractivity contribution >= 4 is 10.4 Å². The SMILES string of the molecule is C[N+](C)(C)CCc1ccccc1.O=S(=O)(O)O. The second-order valence-electron chi connectivity index (χ2n) is 4.70. The van der Waals surface area contributed by atoms with E-state index < -0.39 is 10.4 Å². The van der Waals surface area contributed by atoms with Gasteiger partial charge in [-0.2, -0.15) is 8.42 Å². The number of quaternary nitrogens is 1. The van der Waals surface area contributed by atoms with E-state index in [2.05, 4.69) is 51.5 Å². The summed E-state index contributed by atoms with van der Waals surface area (Å²) in [4.78, 5) is 0. The first kappa shape index (κ1) is 16.1. The molecule has 0 aliphatic carbocycles. The minimum atomic E-state index is -4.67. The van der Waals surface area contributed by atoms with Crippen LogP contribution in [0.3, 0.4) is 0 Å². The van der Waals surface area contributed by atoms with Gasteiger partial charge in [-0.1, -0.05) is 30.3 Å². The molecule has 0 saturated heterocycles. The van der Waals surface area contributed by atoms with E-state index in [9.17, 15) is 0 Å². The smallest absolute Gasteiger partial charge is 0.331 e. The fraction of sp³-hybridized carbons (Fsp3) is 0.455. The summed E-state index contributed by atoms with van der Waals surface area (Å²) in [7, 11) is 2.01. The van der Waals surface area contributed by atoms with Crippen LogP contribution in [0.25, 0.3) is 0 Å². The second-order valence-corrected chi connectivity index (χ2v) is 5.59. The van der Waals surface area contributed by atoms with Gasteiger partial charge in [-0.25, -0.2) is 0 Å². The maximum atomic E-state index is 8.74. The third-order valence-electron chi connectivity index (χ3n) is 1.91. The summed E-state index contributed by atoms with van der Waals surface area (Å²) in [6.45, 7) is 1.20. The van der Waals surface area contributed by atoms with Crippen LogP contribution >= 0.6 is 0 Å². The highest BCUT2D eigenvalue weighted by molar-refractivity contribution is 7.79. The summed E-state index contributed by atoms with van der Waals surface area (Å²) in [5.74, 6) is 0. The molecule has 0 aromatic heterocycles. The Morgan fingerprint density at radius 3 is 1.82 bits per heavy atom. The van der Waals surface area contributed by atoms with Crippen LogP contribution in [0.2, 0.25) is 0 Å². The van der Waals surface area contributed by atoms with Crippen molar-refractivity contribution in [2.75, 3.05) is 27.7 Å². The predicted molar refractivity (Wildman–Crippen MR) is 67.2 cm³/mol. The van der Waals surface area contributed by atoms with Crippen molar-refractivity contribution in [1.82, 2.24) is 0 Å². The molecule has 0 amide bonds. The fourth-order valence-corrected chi connectivity index (χ4v) is 1.11. The minimum Gasteiger partial charge on any atom is -0.331 e. The van der Waals surface area contributed by atoms with Crippen molar-refractivity contribution in [3.63, 3.8) is 0 Å². The zero-order chi connectivity index (χ0) is 13.5. The van der Waals surface area contributed by atoms with E-state index in [1.165, 1.54) is 18.5 Å². The third kappa shape index (κ3) is 15.1. The Morgan fingerprint density at radius 1 is 1.06 bits per heavy atom. The summed E-state index contributed by atoms with van der Waals surface area (Å²) in [5.41, 5.74) is 1.44. The molecule has 0 fully saturated rings. The molecular formula is C11H20NO4S+. The second kappa shape index (κ2) is 6.70. The van der Waals surface area contributed by atoms with Gasteiger partial charge in [0.1, 0.15) is 0 Å². The standard InChI is InChI=1S/C11H18N.H2O4S/c1-12(2,3)10-9-11-7-5-4-6-8-11;1-5(2,3)4/h4-8H,9-10H2,1-3H3;(H2,1,2,3,4)/q+1;. The van der Waals surface area contributed by atoms with Crippen LogP contribution in [0, 0.1) is 0 Å². The maximum Gasteiger partial charge on any atom is 0.394 e. The molecule has 0 aliphatic heterocycles. The molecule has 6 heteroatoms. The van der Waals surface area contributed by atoms with Gasteiger partial charge in [0.05, 0.1) is 27.7 Å². The summed E-state index contributed by atoms with van der Waals surface area (Å²) in [5, 5.41) is 0. The Bertz CT molecular complexity index is 401. The first-order chi connectivity index (χ1) is 7.58. The quantitative estimate of drug-likeness (QED) is 0.635. The molecule has 0 spiro atoms. The monoisotopic (exact) mass is 262 g/mol. The van der Waals surface area contributed by atoms with Gasteiger partial charge in [0.25, 0.3) is 0 Å². The highest BCUT2D eigenvalue weighted by atomic mass is 32.3.